The predicted octanol–water partition coefficient (Wildman–Crippen LogP) is 2.92. The van der Waals surface area contributed by atoms with E-state index in [1.54, 1.807) is 6.07 Å². The first-order chi connectivity index (χ1) is 11.0. The van der Waals surface area contributed by atoms with E-state index in [-0.39, 0.29) is 12.5 Å². The number of nitrogens with zero attached hydrogens (tertiary/aromatic N) is 1. The lowest BCUT2D eigenvalue weighted by molar-refractivity contribution is -0.124. The van der Waals surface area contributed by atoms with Crippen LogP contribution in [0.3, 0.4) is 0 Å². The maximum absolute atomic E-state index is 12.3. The van der Waals surface area contributed by atoms with E-state index in [1.165, 1.54) is 0 Å². The van der Waals surface area contributed by atoms with Gasteiger partial charge in [-0.1, -0.05) is 25.0 Å². The Hall–Kier alpha value is -2.43. The number of hydrogen-bond acceptors (Lipinski definition) is 4. The molecule has 1 aromatic heterocycles. The van der Waals surface area contributed by atoms with Gasteiger partial charge in [0.15, 0.2) is 6.61 Å². The van der Waals surface area contributed by atoms with Crippen molar-refractivity contribution in [2.45, 2.75) is 33.6 Å². The third-order valence-electron chi connectivity index (χ3n) is 3.50. The van der Waals surface area contributed by atoms with Crippen molar-refractivity contribution in [1.29, 1.82) is 0 Å². The van der Waals surface area contributed by atoms with E-state index in [0.29, 0.717) is 12.1 Å². The second-order valence-electron chi connectivity index (χ2n) is 5.61. The molecule has 5 nitrogen and oxygen atoms in total. The fraction of sp³-hybridized carbons (Fsp3) is 0.389. The summed E-state index contributed by atoms with van der Waals surface area (Å²) >= 11 is 0. The molecular weight excluding hydrogens is 292 g/mol. The SMILES string of the molecule is CCCCNC(=O)COC(=O)c1cc(C)nc2ccc(C)cc12. The number of rotatable bonds is 6. The minimum Gasteiger partial charge on any atom is -0.452 e. The van der Waals surface area contributed by atoms with Crippen molar-refractivity contribution in [3.05, 3.63) is 41.1 Å². The Morgan fingerprint density at radius 3 is 2.74 bits per heavy atom. The number of nitrogens with one attached hydrogen (secondary N) is 1. The van der Waals surface area contributed by atoms with Gasteiger partial charge in [-0.3, -0.25) is 9.78 Å². The van der Waals surface area contributed by atoms with Gasteiger partial charge in [0, 0.05) is 17.6 Å². The number of carbonyl (C=O) groups excluding carboxylic acids is 2. The number of esters is 1. The summed E-state index contributed by atoms with van der Waals surface area (Å²) in [5.74, 6) is -0.783. The standard InChI is InChI=1S/C18H22N2O3/c1-4-5-8-19-17(21)11-23-18(22)15-10-13(3)20-16-7-6-12(2)9-14(15)16/h6-7,9-10H,4-5,8,11H2,1-3H3,(H,19,21). The Bertz CT molecular complexity index is 726. The van der Waals surface area contributed by atoms with Crippen LogP contribution in [0.4, 0.5) is 0 Å². The number of carbonyl (C=O) groups is 2. The Balaban J connectivity index is 2.11. The van der Waals surface area contributed by atoms with Crippen LogP contribution in [0.15, 0.2) is 24.3 Å². The van der Waals surface area contributed by atoms with Gasteiger partial charge in [0.05, 0.1) is 11.1 Å². The van der Waals surface area contributed by atoms with Crippen LogP contribution in [0.1, 0.15) is 41.4 Å². The monoisotopic (exact) mass is 314 g/mol. The number of benzene rings is 1. The zero-order valence-electron chi connectivity index (χ0n) is 13.8. The first-order valence-electron chi connectivity index (χ1n) is 7.83. The summed E-state index contributed by atoms with van der Waals surface area (Å²) in [6.07, 6.45) is 1.91. The van der Waals surface area contributed by atoms with E-state index in [1.807, 2.05) is 39.0 Å². The first-order valence-corrected chi connectivity index (χ1v) is 7.83. The molecule has 0 aliphatic rings. The molecule has 1 aromatic carbocycles. The molecule has 5 heteroatoms. The Kier molecular flexibility index (Phi) is 5.68. The largest absolute Gasteiger partial charge is 0.452 e. The van der Waals surface area contributed by atoms with Crippen LogP contribution in [0.2, 0.25) is 0 Å². The summed E-state index contributed by atoms with van der Waals surface area (Å²) in [5, 5.41) is 3.46. The molecule has 0 atom stereocenters. The third-order valence-corrected chi connectivity index (χ3v) is 3.50. The fourth-order valence-corrected chi connectivity index (χ4v) is 2.31. The Morgan fingerprint density at radius 2 is 2.00 bits per heavy atom. The van der Waals surface area contributed by atoms with E-state index in [9.17, 15) is 9.59 Å². The van der Waals surface area contributed by atoms with Crippen molar-refractivity contribution in [2.75, 3.05) is 13.2 Å². The Labute approximate surface area is 136 Å². The molecule has 23 heavy (non-hydrogen) atoms. The summed E-state index contributed by atoms with van der Waals surface area (Å²) in [6.45, 7) is 6.16. The van der Waals surface area contributed by atoms with Gasteiger partial charge in [-0.25, -0.2) is 4.79 Å². The van der Waals surface area contributed by atoms with Crippen molar-refractivity contribution in [2.24, 2.45) is 0 Å². The molecule has 0 saturated heterocycles. The van der Waals surface area contributed by atoms with Gasteiger partial charge in [-0.2, -0.15) is 0 Å². The summed E-state index contributed by atoms with van der Waals surface area (Å²) in [4.78, 5) is 28.4. The lowest BCUT2D eigenvalue weighted by Gasteiger charge is -2.09. The summed E-state index contributed by atoms with van der Waals surface area (Å²) in [5.41, 5.74) is 2.96. The van der Waals surface area contributed by atoms with Crippen molar-refractivity contribution >= 4 is 22.8 Å². The highest BCUT2D eigenvalue weighted by Gasteiger charge is 2.15. The topological polar surface area (TPSA) is 68.3 Å². The minimum absolute atomic E-state index is 0.267. The van der Waals surface area contributed by atoms with E-state index in [0.717, 1.165) is 35.0 Å². The van der Waals surface area contributed by atoms with Crippen LogP contribution in [0.5, 0.6) is 0 Å². The molecular formula is C18H22N2O3. The predicted molar refractivity (Wildman–Crippen MR) is 89.4 cm³/mol. The van der Waals surface area contributed by atoms with Gasteiger partial charge in [0.1, 0.15) is 0 Å². The molecule has 0 bridgehead atoms. The van der Waals surface area contributed by atoms with Crippen molar-refractivity contribution in [1.82, 2.24) is 10.3 Å². The van der Waals surface area contributed by atoms with Gasteiger partial charge in [-0.15, -0.1) is 0 Å². The van der Waals surface area contributed by atoms with Gasteiger partial charge in [0.2, 0.25) is 0 Å². The minimum atomic E-state index is -0.503. The molecule has 122 valence electrons. The van der Waals surface area contributed by atoms with Crippen molar-refractivity contribution in [3.8, 4) is 0 Å². The number of pyridine rings is 1. The van der Waals surface area contributed by atoms with E-state index < -0.39 is 5.97 Å². The normalized spacial score (nSPS) is 10.6. The number of ether oxygens (including phenoxy) is 1. The third kappa shape index (κ3) is 4.52. The first kappa shape index (κ1) is 16.9. The number of amides is 1. The average molecular weight is 314 g/mol. The smallest absolute Gasteiger partial charge is 0.339 e. The molecule has 0 aliphatic carbocycles. The number of aryl methyl sites for hydroxylation is 2. The number of hydrogen-bond donors (Lipinski definition) is 1. The lowest BCUT2D eigenvalue weighted by Crippen LogP contribution is -2.29. The number of unbranched alkanes of at least 4 members (excludes halogenated alkanes) is 1. The van der Waals surface area contributed by atoms with Crippen LogP contribution in [0, 0.1) is 13.8 Å². The molecule has 0 unspecified atom stereocenters. The highest BCUT2D eigenvalue weighted by molar-refractivity contribution is 6.04. The maximum atomic E-state index is 12.3. The zero-order chi connectivity index (χ0) is 16.8. The maximum Gasteiger partial charge on any atom is 0.339 e. The number of aromatic nitrogens is 1. The zero-order valence-corrected chi connectivity index (χ0v) is 13.8. The molecule has 2 rings (SSSR count). The van der Waals surface area contributed by atoms with Crippen LogP contribution >= 0.6 is 0 Å². The van der Waals surface area contributed by atoms with Gasteiger partial charge in [-0.05, 0) is 38.5 Å². The summed E-state index contributed by atoms with van der Waals surface area (Å²) < 4.78 is 5.14. The second-order valence-corrected chi connectivity index (χ2v) is 5.61. The van der Waals surface area contributed by atoms with Crippen molar-refractivity contribution in [3.63, 3.8) is 0 Å². The van der Waals surface area contributed by atoms with Crippen molar-refractivity contribution < 1.29 is 14.3 Å². The van der Waals surface area contributed by atoms with E-state index >= 15 is 0 Å². The van der Waals surface area contributed by atoms with Gasteiger partial charge < -0.3 is 10.1 Å². The molecule has 0 aliphatic heterocycles. The second kappa shape index (κ2) is 7.72. The molecule has 0 spiro atoms. The fourth-order valence-electron chi connectivity index (χ4n) is 2.31. The van der Waals surface area contributed by atoms with Crippen LogP contribution in [0.25, 0.3) is 10.9 Å². The van der Waals surface area contributed by atoms with Gasteiger partial charge in [0.25, 0.3) is 5.91 Å². The number of fused-ring (bicyclic) bond motifs is 1. The average Bonchev–Trinajstić information content (AvgIpc) is 2.52. The van der Waals surface area contributed by atoms with Crippen LogP contribution < -0.4 is 5.32 Å². The van der Waals surface area contributed by atoms with Crippen LogP contribution in [-0.2, 0) is 9.53 Å². The summed E-state index contributed by atoms with van der Waals surface area (Å²) in [6, 6.07) is 7.43. The van der Waals surface area contributed by atoms with Crippen LogP contribution in [-0.4, -0.2) is 30.0 Å². The quantitative estimate of drug-likeness (QED) is 0.657. The van der Waals surface area contributed by atoms with E-state index in [4.69, 9.17) is 4.74 Å². The van der Waals surface area contributed by atoms with E-state index in [2.05, 4.69) is 10.3 Å². The lowest BCUT2D eigenvalue weighted by atomic mass is 10.1. The molecule has 0 fully saturated rings. The molecule has 2 aromatic rings. The highest BCUT2D eigenvalue weighted by Crippen LogP contribution is 2.20. The highest BCUT2D eigenvalue weighted by atomic mass is 16.5. The molecule has 1 amide bonds. The summed E-state index contributed by atoms with van der Waals surface area (Å²) in [7, 11) is 0. The molecule has 0 saturated carbocycles. The molecule has 1 heterocycles. The Morgan fingerprint density at radius 1 is 1.22 bits per heavy atom. The molecule has 0 radical (unpaired) electrons. The molecule has 1 N–H and O–H groups in total. The van der Waals surface area contributed by atoms with Gasteiger partial charge >= 0.3 is 5.97 Å².